The van der Waals surface area contributed by atoms with Gasteiger partial charge in [0.1, 0.15) is 5.82 Å². The van der Waals surface area contributed by atoms with Crippen molar-refractivity contribution in [3.05, 3.63) is 35.6 Å². The smallest absolute Gasteiger partial charge is 0.223 e. The van der Waals surface area contributed by atoms with E-state index in [9.17, 15) is 14.3 Å². The van der Waals surface area contributed by atoms with Crippen LogP contribution in [0.5, 0.6) is 0 Å². The number of carbonyl (C=O) groups is 1. The summed E-state index contributed by atoms with van der Waals surface area (Å²) in [6.07, 6.45) is -1.01. The van der Waals surface area contributed by atoms with Crippen molar-refractivity contribution in [1.82, 2.24) is 15.1 Å². The molecule has 3 saturated heterocycles. The Morgan fingerprint density at radius 2 is 2.14 bits per heavy atom. The molecule has 3 fully saturated rings. The molecular weight excluding hydrogens is 285 g/mol. The number of hydrogen-bond donors (Lipinski definition) is 2. The number of benzene rings is 1. The average Bonchev–Trinajstić information content (AvgIpc) is 2.54. The van der Waals surface area contributed by atoms with Crippen LogP contribution in [0, 0.1) is 5.82 Å². The molecule has 0 aliphatic carbocycles. The summed E-state index contributed by atoms with van der Waals surface area (Å²) in [6, 6.07) is 6.10. The Hall–Kier alpha value is -1.50. The van der Waals surface area contributed by atoms with Gasteiger partial charge in [-0.05, 0) is 17.7 Å². The van der Waals surface area contributed by atoms with Crippen LogP contribution in [0.1, 0.15) is 18.1 Å². The fourth-order valence-corrected chi connectivity index (χ4v) is 3.23. The molecule has 3 heterocycles. The van der Waals surface area contributed by atoms with Crippen LogP contribution in [0.15, 0.2) is 24.3 Å². The second-order valence-electron chi connectivity index (χ2n) is 6.07. The van der Waals surface area contributed by atoms with Gasteiger partial charge in [-0.2, -0.15) is 0 Å². The van der Waals surface area contributed by atoms with Gasteiger partial charge in [0.15, 0.2) is 0 Å². The molecule has 1 aromatic carbocycles. The van der Waals surface area contributed by atoms with Gasteiger partial charge in [-0.1, -0.05) is 12.1 Å². The summed E-state index contributed by atoms with van der Waals surface area (Å²) in [6.45, 7) is 5.95. The Morgan fingerprint density at radius 3 is 2.77 bits per heavy atom. The summed E-state index contributed by atoms with van der Waals surface area (Å²) in [7, 11) is 0. The zero-order valence-electron chi connectivity index (χ0n) is 12.5. The maximum atomic E-state index is 13.1. The first kappa shape index (κ1) is 15.4. The first-order chi connectivity index (χ1) is 10.6. The van der Waals surface area contributed by atoms with E-state index >= 15 is 0 Å². The third kappa shape index (κ3) is 3.63. The van der Waals surface area contributed by atoms with Crippen molar-refractivity contribution in [2.75, 3.05) is 39.3 Å². The third-order valence-electron chi connectivity index (χ3n) is 4.54. The largest absolute Gasteiger partial charge is 0.388 e. The highest BCUT2D eigenvalue weighted by Gasteiger charge is 2.31. The van der Waals surface area contributed by atoms with Gasteiger partial charge in [-0.15, -0.1) is 0 Å². The highest BCUT2D eigenvalue weighted by molar-refractivity contribution is 5.76. The number of fused-ring (bicyclic) bond motifs is 3. The molecule has 2 N–H and O–H groups in total. The molecule has 0 saturated carbocycles. The molecule has 2 bridgehead atoms. The lowest BCUT2D eigenvalue weighted by Crippen LogP contribution is -2.63. The number of aliphatic hydroxyl groups is 1. The summed E-state index contributed by atoms with van der Waals surface area (Å²) in [5.74, 6) is -0.605. The molecule has 3 aliphatic heterocycles. The lowest BCUT2D eigenvalue weighted by Gasteiger charge is -2.47. The molecule has 0 spiro atoms. The molecule has 4 rings (SSSR count). The Kier molecular flexibility index (Phi) is 4.71. The number of hydrogen-bond acceptors (Lipinski definition) is 4. The maximum Gasteiger partial charge on any atom is 0.223 e. The lowest BCUT2D eigenvalue weighted by molar-refractivity contribution is -0.123. The summed E-state index contributed by atoms with van der Waals surface area (Å²) >= 11 is 0. The minimum absolute atomic E-state index is 0.0418. The number of nitrogens with zero attached hydrogens (tertiary/aromatic N) is 2. The van der Waals surface area contributed by atoms with Gasteiger partial charge in [-0.3, -0.25) is 14.6 Å². The molecule has 3 aliphatic rings. The van der Waals surface area contributed by atoms with Crippen LogP contribution < -0.4 is 5.32 Å². The molecule has 2 unspecified atom stereocenters. The molecule has 6 heteroatoms. The van der Waals surface area contributed by atoms with E-state index in [-0.39, 0.29) is 12.3 Å². The van der Waals surface area contributed by atoms with Crippen molar-refractivity contribution in [3.8, 4) is 0 Å². The second-order valence-corrected chi connectivity index (χ2v) is 6.07. The fraction of sp³-hybridized carbons (Fsp3) is 0.562. The SMILES string of the molecule is O=C(CC(O)c1cccc(F)c1)NCC1CN2CCN1CC2. The van der Waals surface area contributed by atoms with E-state index in [0.29, 0.717) is 18.2 Å². The Bertz CT molecular complexity index is 532. The van der Waals surface area contributed by atoms with Gasteiger partial charge in [0.25, 0.3) is 0 Å². The predicted octanol–water partition coefficient (Wildman–Crippen LogP) is 0.365. The highest BCUT2D eigenvalue weighted by atomic mass is 19.1. The Balaban J connectivity index is 1.46. The Labute approximate surface area is 129 Å². The van der Waals surface area contributed by atoms with Crippen LogP contribution in [-0.2, 0) is 4.79 Å². The van der Waals surface area contributed by atoms with Crippen molar-refractivity contribution >= 4 is 5.91 Å². The van der Waals surface area contributed by atoms with Crippen molar-refractivity contribution in [3.63, 3.8) is 0 Å². The van der Waals surface area contributed by atoms with Gasteiger partial charge in [0.05, 0.1) is 12.5 Å². The molecule has 0 aromatic heterocycles. The quantitative estimate of drug-likeness (QED) is 0.825. The molecule has 1 amide bonds. The highest BCUT2D eigenvalue weighted by Crippen LogP contribution is 2.18. The van der Waals surface area contributed by atoms with Crippen LogP contribution in [0.3, 0.4) is 0 Å². The molecule has 5 nitrogen and oxygen atoms in total. The second kappa shape index (κ2) is 6.73. The normalized spacial score (nSPS) is 28.4. The summed E-state index contributed by atoms with van der Waals surface area (Å²) < 4.78 is 13.1. The monoisotopic (exact) mass is 307 g/mol. The predicted molar refractivity (Wildman–Crippen MR) is 80.8 cm³/mol. The van der Waals surface area contributed by atoms with Crippen molar-refractivity contribution in [2.24, 2.45) is 0 Å². The fourth-order valence-electron chi connectivity index (χ4n) is 3.23. The van der Waals surface area contributed by atoms with Crippen molar-refractivity contribution in [2.45, 2.75) is 18.6 Å². The molecule has 2 atom stereocenters. The van der Waals surface area contributed by atoms with Crippen molar-refractivity contribution in [1.29, 1.82) is 0 Å². The summed E-state index contributed by atoms with van der Waals surface area (Å²) in [4.78, 5) is 16.8. The van der Waals surface area contributed by atoms with E-state index in [2.05, 4.69) is 15.1 Å². The zero-order chi connectivity index (χ0) is 15.5. The minimum Gasteiger partial charge on any atom is -0.388 e. The zero-order valence-corrected chi connectivity index (χ0v) is 12.5. The molecule has 120 valence electrons. The van der Waals surface area contributed by atoms with Crippen LogP contribution in [0.4, 0.5) is 4.39 Å². The minimum atomic E-state index is -0.970. The van der Waals surface area contributed by atoms with E-state index in [4.69, 9.17) is 0 Å². The summed E-state index contributed by atoms with van der Waals surface area (Å²) in [5, 5.41) is 12.9. The molecule has 0 radical (unpaired) electrons. The van der Waals surface area contributed by atoms with E-state index in [0.717, 1.165) is 32.7 Å². The van der Waals surface area contributed by atoms with E-state index in [1.54, 1.807) is 6.07 Å². The van der Waals surface area contributed by atoms with Gasteiger partial charge in [0.2, 0.25) is 5.91 Å². The number of amides is 1. The third-order valence-corrected chi connectivity index (χ3v) is 4.54. The number of carbonyl (C=O) groups excluding carboxylic acids is 1. The topological polar surface area (TPSA) is 55.8 Å². The number of nitrogens with one attached hydrogen (secondary N) is 1. The number of aliphatic hydroxyl groups excluding tert-OH is 1. The van der Waals surface area contributed by atoms with E-state index < -0.39 is 11.9 Å². The molecule has 1 aromatic rings. The van der Waals surface area contributed by atoms with Crippen LogP contribution in [-0.4, -0.2) is 66.1 Å². The van der Waals surface area contributed by atoms with Gasteiger partial charge in [0, 0.05) is 45.3 Å². The number of rotatable bonds is 5. The maximum absolute atomic E-state index is 13.1. The van der Waals surface area contributed by atoms with E-state index in [1.165, 1.54) is 18.2 Å². The van der Waals surface area contributed by atoms with Gasteiger partial charge < -0.3 is 10.4 Å². The van der Waals surface area contributed by atoms with Gasteiger partial charge >= 0.3 is 0 Å². The van der Waals surface area contributed by atoms with E-state index in [1.807, 2.05) is 0 Å². The first-order valence-corrected chi connectivity index (χ1v) is 7.78. The van der Waals surface area contributed by atoms with Crippen LogP contribution in [0.25, 0.3) is 0 Å². The molecular formula is C16H22FN3O2. The lowest BCUT2D eigenvalue weighted by atomic mass is 10.1. The first-order valence-electron chi connectivity index (χ1n) is 7.78. The summed E-state index contributed by atoms with van der Waals surface area (Å²) in [5.41, 5.74) is 0.432. The van der Waals surface area contributed by atoms with Gasteiger partial charge in [-0.25, -0.2) is 4.39 Å². The standard InChI is InChI=1S/C16H22FN3O2/c17-13-3-1-2-12(8-13)15(21)9-16(22)18-10-14-11-19-4-6-20(14)7-5-19/h1-3,8,14-15,21H,4-7,9-11H2,(H,18,22). The molecule has 22 heavy (non-hydrogen) atoms. The van der Waals surface area contributed by atoms with Crippen LogP contribution in [0.2, 0.25) is 0 Å². The number of halogens is 1. The van der Waals surface area contributed by atoms with Crippen molar-refractivity contribution < 1.29 is 14.3 Å². The number of piperazine rings is 3. The Morgan fingerprint density at radius 1 is 1.36 bits per heavy atom. The van der Waals surface area contributed by atoms with Crippen LogP contribution >= 0.6 is 0 Å². The average molecular weight is 307 g/mol.